The molecule has 548 valence electrons. The summed E-state index contributed by atoms with van der Waals surface area (Å²) in [6.07, 6.45) is -16.3. The number of amides is 11. The second-order valence-electron chi connectivity index (χ2n) is 24.2. The van der Waals surface area contributed by atoms with Crippen LogP contribution >= 0.6 is 0 Å². The predicted molar refractivity (Wildman–Crippen MR) is 328 cm³/mol. The van der Waals surface area contributed by atoms with E-state index in [1.165, 1.54) is 13.8 Å². The molecule has 0 aliphatic carbocycles. The standard InChI is InChI=1S/C60H91N11O27/c1-26(2)21-38(68-53(84)37(65-29(5)72)17-18-45(82)83)54(85)64-27(3)58(89)71-20-14-16-40(71)56(87)69-46(57(88)63-23-44(81)70-19-13-15-39(70)55(86)62-22-43(61)80)28(4)92-59-48(67-31(7)74)52(50(94-35(11)78)42(96-59)25-91-33(9)76)98-60-47(66-30(6)73)51(95-36(12)79)49(93-34(10)77)41(97-60)24-90-32(8)75/h26-28,37-42,46-52,59-60H,13-25H2,1-12H3,(H2,61,80)(H,62,86)(H,63,88)(H,64,85)(H,65,72)(H,66,73)(H,67,74)(H,68,84)(H,69,87)(H,82,83)/t27-,28+,37-,38-,39-,40-,41+,42+,46-,47+,48+,49-,50-,51+,52+,59-,60+/m0/s1. The van der Waals surface area contributed by atoms with E-state index >= 15 is 0 Å². The van der Waals surface area contributed by atoms with E-state index < -0.39 is 237 Å². The molecule has 11 amide bonds. The van der Waals surface area contributed by atoms with E-state index in [4.69, 9.17) is 48.4 Å². The summed E-state index contributed by atoms with van der Waals surface area (Å²) >= 11 is 0. The molecule has 4 saturated heterocycles. The van der Waals surface area contributed by atoms with Crippen LogP contribution in [0.4, 0.5) is 0 Å². The van der Waals surface area contributed by atoms with Gasteiger partial charge in [0.25, 0.3) is 0 Å². The Balaban J connectivity index is 1.82. The summed E-state index contributed by atoms with van der Waals surface area (Å²) < 4.78 is 53.3. The summed E-state index contributed by atoms with van der Waals surface area (Å²) in [5, 5.41) is 29.2. The van der Waals surface area contributed by atoms with E-state index in [-0.39, 0.29) is 51.1 Å². The Morgan fingerprint density at radius 3 is 1.54 bits per heavy atom. The minimum Gasteiger partial charge on any atom is -0.481 e. The van der Waals surface area contributed by atoms with Crippen molar-refractivity contribution in [2.45, 2.75) is 232 Å². The molecule has 4 fully saturated rings. The average Bonchev–Trinajstić information content (AvgIpc) is 0.938. The van der Waals surface area contributed by atoms with Gasteiger partial charge in [0.15, 0.2) is 30.9 Å². The molecule has 0 bridgehead atoms. The summed E-state index contributed by atoms with van der Waals surface area (Å²) in [7, 11) is 0. The number of rotatable bonds is 33. The van der Waals surface area contributed by atoms with Crippen molar-refractivity contribution in [2.24, 2.45) is 11.7 Å². The third kappa shape index (κ3) is 25.0. The number of nitrogens with two attached hydrogens (primary N) is 1. The van der Waals surface area contributed by atoms with Crippen LogP contribution in [0.5, 0.6) is 0 Å². The lowest BCUT2D eigenvalue weighted by Crippen LogP contribution is -2.71. The fourth-order valence-electron chi connectivity index (χ4n) is 11.4. The Morgan fingerprint density at radius 2 is 1.04 bits per heavy atom. The highest BCUT2D eigenvalue weighted by Gasteiger charge is 2.57. The Bertz CT molecular complexity index is 2970. The first-order valence-electron chi connectivity index (χ1n) is 31.7. The Morgan fingerprint density at radius 1 is 0.541 bits per heavy atom. The van der Waals surface area contributed by atoms with Gasteiger partial charge in [-0.15, -0.1) is 0 Å². The molecule has 4 aliphatic rings. The summed E-state index contributed by atoms with van der Waals surface area (Å²) in [6, 6.07) is -12.1. The zero-order chi connectivity index (χ0) is 73.6. The van der Waals surface area contributed by atoms with Crippen molar-refractivity contribution in [3.63, 3.8) is 0 Å². The van der Waals surface area contributed by atoms with Crippen LogP contribution in [0.25, 0.3) is 0 Å². The van der Waals surface area contributed by atoms with Crippen molar-refractivity contribution in [3.8, 4) is 0 Å². The van der Waals surface area contributed by atoms with E-state index in [2.05, 4.69) is 42.5 Å². The predicted octanol–water partition coefficient (Wildman–Crippen LogP) is -5.25. The van der Waals surface area contributed by atoms with E-state index in [9.17, 15) is 86.6 Å². The fraction of sp³-hybridized carbons (Fsp3) is 0.717. The van der Waals surface area contributed by atoms with Crippen molar-refractivity contribution < 1.29 is 129 Å². The van der Waals surface area contributed by atoms with Gasteiger partial charge in [-0.25, -0.2) is 0 Å². The number of carbonyl (C=O) groups excluding carboxylic acids is 16. The number of hydrogen-bond donors (Lipinski definition) is 10. The monoisotopic (exact) mass is 1400 g/mol. The summed E-state index contributed by atoms with van der Waals surface area (Å²) in [4.78, 5) is 225. The first-order chi connectivity index (χ1) is 45.9. The third-order valence-corrected chi connectivity index (χ3v) is 15.5. The maximum Gasteiger partial charge on any atom is 0.303 e. The quantitative estimate of drug-likeness (QED) is 0.0217. The van der Waals surface area contributed by atoms with Crippen LogP contribution in [0.3, 0.4) is 0 Å². The van der Waals surface area contributed by atoms with E-state index in [0.717, 1.165) is 65.2 Å². The van der Waals surface area contributed by atoms with Gasteiger partial charge < -0.3 is 106 Å². The number of likely N-dealkylation sites (tertiary alicyclic amines) is 2. The number of primary amides is 1. The normalized spacial score (nSPS) is 25.0. The maximum atomic E-state index is 14.9. The zero-order valence-corrected chi connectivity index (χ0v) is 56.6. The number of nitrogens with one attached hydrogen (secondary N) is 8. The molecule has 4 aliphatic heterocycles. The lowest BCUT2D eigenvalue weighted by atomic mass is 9.93. The minimum absolute atomic E-state index is 0.00876. The molecule has 0 saturated carbocycles. The van der Waals surface area contributed by atoms with Gasteiger partial charge in [0.05, 0.1) is 19.2 Å². The Kier molecular flexibility index (Phi) is 31.6. The highest BCUT2D eigenvalue weighted by Crippen LogP contribution is 2.35. The van der Waals surface area contributed by atoms with Crippen molar-refractivity contribution >= 4 is 101 Å². The van der Waals surface area contributed by atoms with Crippen LogP contribution in [0, 0.1) is 5.92 Å². The van der Waals surface area contributed by atoms with Gasteiger partial charge in [0.2, 0.25) is 65.0 Å². The minimum atomic E-state index is -2.00. The molecule has 0 radical (unpaired) electrons. The molecule has 38 nitrogen and oxygen atoms in total. The van der Waals surface area contributed by atoms with E-state index in [1.54, 1.807) is 13.8 Å². The molecular weight excluding hydrogens is 1310 g/mol. The van der Waals surface area contributed by atoms with Gasteiger partial charge in [-0.1, -0.05) is 13.8 Å². The summed E-state index contributed by atoms with van der Waals surface area (Å²) in [6.45, 7) is 11.2. The van der Waals surface area contributed by atoms with Crippen molar-refractivity contribution in [1.82, 2.24) is 52.3 Å². The highest BCUT2D eigenvalue weighted by atomic mass is 16.7. The molecule has 4 rings (SSSR count). The number of esters is 5. The topological polar surface area (TPSA) is 522 Å². The van der Waals surface area contributed by atoms with Gasteiger partial charge in [0.1, 0.15) is 79.9 Å². The number of carboxylic acids is 1. The average molecular weight is 1400 g/mol. The number of aliphatic carboxylic acids is 1. The van der Waals surface area contributed by atoms with Crippen LogP contribution in [-0.4, -0.2) is 259 Å². The van der Waals surface area contributed by atoms with Crippen LogP contribution in [0.1, 0.15) is 128 Å². The van der Waals surface area contributed by atoms with Crippen molar-refractivity contribution in [1.29, 1.82) is 0 Å². The van der Waals surface area contributed by atoms with E-state index in [0.29, 0.717) is 6.42 Å². The Labute approximate surface area is 563 Å². The van der Waals surface area contributed by atoms with Crippen LogP contribution < -0.4 is 48.3 Å². The van der Waals surface area contributed by atoms with Crippen LogP contribution in [0.2, 0.25) is 0 Å². The maximum absolute atomic E-state index is 14.9. The molecule has 98 heavy (non-hydrogen) atoms. The van der Waals surface area contributed by atoms with Crippen LogP contribution in [-0.2, 0) is 124 Å². The molecular formula is C60H91N11O27. The molecule has 0 aromatic rings. The zero-order valence-electron chi connectivity index (χ0n) is 56.6. The largest absolute Gasteiger partial charge is 0.481 e. The number of hydrogen-bond acceptors (Lipinski definition) is 26. The number of nitrogens with zero attached hydrogens (tertiary/aromatic N) is 2. The van der Waals surface area contributed by atoms with E-state index in [1.807, 2.05) is 0 Å². The van der Waals surface area contributed by atoms with Gasteiger partial charge >= 0.3 is 35.8 Å². The lowest BCUT2D eigenvalue weighted by Gasteiger charge is -2.50. The number of carboxylic acid groups (broad SMARTS) is 1. The van der Waals surface area contributed by atoms with Gasteiger partial charge in [0, 0.05) is 74.9 Å². The van der Waals surface area contributed by atoms with Crippen molar-refractivity contribution in [3.05, 3.63) is 0 Å². The third-order valence-electron chi connectivity index (χ3n) is 15.5. The highest BCUT2D eigenvalue weighted by molar-refractivity contribution is 5.98. The first kappa shape index (κ1) is 81.3. The van der Waals surface area contributed by atoms with Gasteiger partial charge in [-0.3, -0.25) is 81.5 Å². The SMILES string of the molecule is CC(=O)N[C@H]1[C@@H](O[C@@H]2[C@@H](NC(C)=O)[C@@H](O[C@H](C)[C@H](NC(=O)[C@@H]3CCCN3C(=O)[C@H](C)NC(=O)[C@H](CC(C)C)NC(=O)[C@H](CCC(=O)O)NC(C)=O)C(=O)NCC(=O)N3CCC[C@H]3C(=O)NCC(N)=O)O[C@H](COC(C)=O)[C@@H]2OC(C)=O)O[C@H](COC(C)=O)[C@H](OC(C)=O)[C@@H]1OC(C)=O. The molecule has 4 heterocycles. The summed E-state index contributed by atoms with van der Waals surface area (Å²) in [5.41, 5.74) is 5.21. The molecule has 0 spiro atoms. The number of carbonyl (C=O) groups is 17. The molecule has 17 atom stereocenters. The lowest BCUT2D eigenvalue weighted by molar-refractivity contribution is -0.334. The van der Waals surface area contributed by atoms with Crippen molar-refractivity contribution in [2.75, 3.05) is 39.4 Å². The Hall–Kier alpha value is -9.17. The second-order valence-corrected chi connectivity index (χ2v) is 24.2. The molecule has 0 aromatic carbocycles. The second kappa shape index (κ2) is 38.1. The molecule has 0 aromatic heterocycles. The van der Waals surface area contributed by atoms with Gasteiger partial charge in [-0.05, 0) is 58.3 Å². The number of ether oxygens (including phenoxy) is 9. The molecule has 11 N–H and O–H groups in total. The smallest absolute Gasteiger partial charge is 0.303 e. The molecule has 0 unspecified atom stereocenters. The van der Waals surface area contributed by atoms with Gasteiger partial charge in [-0.2, -0.15) is 0 Å². The van der Waals surface area contributed by atoms with Crippen LogP contribution in [0.15, 0.2) is 0 Å². The fourth-order valence-corrected chi connectivity index (χ4v) is 11.4. The summed E-state index contributed by atoms with van der Waals surface area (Å²) in [5.74, 6) is -15.7. The first-order valence-corrected chi connectivity index (χ1v) is 31.7. The molecule has 38 heteroatoms.